The van der Waals surface area contributed by atoms with Crippen molar-refractivity contribution in [1.29, 1.82) is 0 Å². The molecule has 7 nitrogen and oxygen atoms in total. The number of unbranched alkanes of at least 4 members (excludes halogenated alkanes) is 22. The summed E-state index contributed by atoms with van der Waals surface area (Å²) in [4.78, 5) is 25.5. The highest BCUT2D eigenvalue weighted by Crippen LogP contribution is 2.18. The number of nitrogens with one attached hydrogen (secondary N) is 1. The highest BCUT2D eigenvalue weighted by Gasteiger charge is 2.34. The van der Waals surface area contributed by atoms with Gasteiger partial charge in [0.1, 0.15) is 6.04 Å². The maximum Gasteiger partial charge on any atom is 0.407 e. The topological polar surface area (TPSA) is 88.1 Å². The Labute approximate surface area is 272 Å². The van der Waals surface area contributed by atoms with Crippen LogP contribution < -0.4 is 5.32 Å². The maximum absolute atomic E-state index is 12.7. The van der Waals surface area contributed by atoms with Crippen LogP contribution in [-0.4, -0.2) is 67.1 Å². The van der Waals surface area contributed by atoms with Gasteiger partial charge in [0.2, 0.25) is 5.91 Å². The molecule has 0 aromatic carbocycles. The minimum Gasteiger partial charge on any atom is -0.465 e. The molecular formula is C37H72N2O5. The van der Waals surface area contributed by atoms with Gasteiger partial charge in [0.15, 0.2) is 0 Å². The number of likely N-dealkylation sites (tertiary alicyclic amines) is 1. The van der Waals surface area contributed by atoms with Crippen LogP contribution in [0.25, 0.3) is 0 Å². The van der Waals surface area contributed by atoms with Gasteiger partial charge >= 0.3 is 6.09 Å². The SMILES string of the molecule is CCCCCCCCCCCCCCOCC(CNC(=O)[C@H]1CCCN1C(=O)O)OCCCCCCCCCCCCCC. The molecule has 2 amide bonds. The number of hydrogen-bond donors (Lipinski definition) is 2. The molecule has 260 valence electrons. The van der Waals surface area contributed by atoms with E-state index in [1.165, 1.54) is 146 Å². The number of rotatable bonds is 32. The predicted octanol–water partition coefficient (Wildman–Crippen LogP) is 10.0. The van der Waals surface area contributed by atoms with E-state index >= 15 is 0 Å². The highest BCUT2D eigenvalue weighted by molar-refractivity contribution is 5.85. The lowest BCUT2D eigenvalue weighted by molar-refractivity contribution is -0.126. The standard InChI is InChI=1S/C37H72N2O5/c1-3-5-7-9-11-13-15-17-19-21-23-25-30-43-33-34(32-38-36(40)35-28-27-29-39(35)37(41)42)44-31-26-24-22-20-18-16-14-12-10-8-6-4-2/h34-35H,3-33H2,1-2H3,(H,38,40)(H,41,42)/t34?,35-/m1/s1. The summed E-state index contributed by atoms with van der Waals surface area (Å²) in [6.07, 6.45) is 31.7. The third kappa shape index (κ3) is 23.1. The molecule has 1 aliphatic rings. The van der Waals surface area contributed by atoms with Gasteiger partial charge in [-0.2, -0.15) is 0 Å². The number of nitrogens with zero attached hydrogens (tertiary/aromatic N) is 1. The molecule has 0 radical (unpaired) electrons. The second-order valence-electron chi connectivity index (χ2n) is 13.2. The largest absolute Gasteiger partial charge is 0.465 e. The smallest absolute Gasteiger partial charge is 0.407 e. The van der Waals surface area contributed by atoms with Crippen molar-refractivity contribution in [2.75, 3.05) is 32.9 Å². The molecule has 1 unspecified atom stereocenters. The minimum atomic E-state index is -1.02. The first-order valence-corrected chi connectivity index (χ1v) is 19.1. The van der Waals surface area contributed by atoms with E-state index in [4.69, 9.17) is 9.47 Å². The van der Waals surface area contributed by atoms with Gasteiger partial charge in [-0.15, -0.1) is 0 Å². The van der Waals surface area contributed by atoms with Crippen LogP contribution in [0.1, 0.15) is 181 Å². The average Bonchev–Trinajstić information content (AvgIpc) is 3.52. The van der Waals surface area contributed by atoms with Crippen molar-refractivity contribution >= 4 is 12.0 Å². The van der Waals surface area contributed by atoms with E-state index in [2.05, 4.69) is 19.2 Å². The Morgan fingerprint density at radius 1 is 0.682 bits per heavy atom. The number of carbonyl (C=O) groups excluding carboxylic acids is 1. The number of ether oxygens (including phenoxy) is 2. The van der Waals surface area contributed by atoms with Crippen LogP contribution in [0.5, 0.6) is 0 Å². The van der Waals surface area contributed by atoms with E-state index in [-0.39, 0.29) is 12.0 Å². The first-order chi connectivity index (χ1) is 21.6. The van der Waals surface area contributed by atoms with E-state index in [0.29, 0.717) is 32.7 Å². The van der Waals surface area contributed by atoms with Gasteiger partial charge in [-0.1, -0.05) is 155 Å². The molecule has 1 aliphatic heterocycles. The van der Waals surface area contributed by atoms with Gasteiger partial charge in [-0.25, -0.2) is 4.79 Å². The molecule has 0 saturated carbocycles. The second kappa shape index (κ2) is 30.3. The molecule has 1 saturated heterocycles. The zero-order chi connectivity index (χ0) is 31.9. The van der Waals surface area contributed by atoms with Crippen molar-refractivity contribution in [1.82, 2.24) is 10.2 Å². The van der Waals surface area contributed by atoms with Gasteiger partial charge in [0.25, 0.3) is 0 Å². The van der Waals surface area contributed by atoms with E-state index < -0.39 is 12.1 Å². The van der Waals surface area contributed by atoms with Crippen LogP contribution in [-0.2, 0) is 14.3 Å². The number of amides is 2. The van der Waals surface area contributed by atoms with E-state index in [0.717, 1.165) is 25.9 Å². The number of hydrogen-bond acceptors (Lipinski definition) is 4. The highest BCUT2D eigenvalue weighted by atomic mass is 16.5. The van der Waals surface area contributed by atoms with E-state index in [1.54, 1.807) is 0 Å². The van der Waals surface area contributed by atoms with Crippen molar-refractivity contribution in [2.45, 2.75) is 193 Å². The monoisotopic (exact) mass is 625 g/mol. The van der Waals surface area contributed by atoms with Gasteiger partial charge in [-0.3, -0.25) is 9.69 Å². The normalized spacial score (nSPS) is 15.6. The lowest BCUT2D eigenvalue weighted by Gasteiger charge is -2.23. The summed E-state index contributed by atoms with van der Waals surface area (Å²) in [5.74, 6) is -0.218. The van der Waals surface area contributed by atoms with Crippen LogP contribution in [0.4, 0.5) is 4.79 Å². The first-order valence-electron chi connectivity index (χ1n) is 19.1. The van der Waals surface area contributed by atoms with Crippen molar-refractivity contribution < 1.29 is 24.2 Å². The van der Waals surface area contributed by atoms with Gasteiger partial charge < -0.3 is 19.9 Å². The van der Waals surface area contributed by atoms with Crippen LogP contribution in [0, 0.1) is 0 Å². The summed E-state index contributed by atoms with van der Waals surface area (Å²) in [6.45, 7) is 7.18. The summed E-state index contributed by atoms with van der Waals surface area (Å²) in [5.41, 5.74) is 0. The second-order valence-corrected chi connectivity index (χ2v) is 13.2. The quantitative estimate of drug-likeness (QED) is 0.0727. The molecule has 0 bridgehead atoms. The summed E-state index contributed by atoms with van der Waals surface area (Å²) in [7, 11) is 0. The third-order valence-electron chi connectivity index (χ3n) is 9.10. The fraction of sp³-hybridized carbons (Fsp3) is 0.946. The van der Waals surface area contributed by atoms with Crippen LogP contribution >= 0.6 is 0 Å². The predicted molar refractivity (Wildman–Crippen MR) is 183 cm³/mol. The molecule has 1 heterocycles. The molecule has 2 atom stereocenters. The zero-order valence-corrected chi connectivity index (χ0v) is 29.1. The van der Waals surface area contributed by atoms with Gasteiger partial charge in [0.05, 0.1) is 12.7 Å². The maximum atomic E-state index is 12.7. The third-order valence-corrected chi connectivity index (χ3v) is 9.10. The average molecular weight is 625 g/mol. The summed E-state index contributed by atoms with van der Waals surface area (Å²) in [6, 6.07) is -0.591. The van der Waals surface area contributed by atoms with Crippen molar-refractivity contribution in [3.63, 3.8) is 0 Å². The fourth-order valence-electron chi connectivity index (χ4n) is 6.22. The molecule has 1 fully saturated rings. The minimum absolute atomic E-state index is 0.205. The molecule has 0 aromatic heterocycles. The van der Waals surface area contributed by atoms with Crippen molar-refractivity contribution in [3.05, 3.63) is 0 Å². The summed E-state index contributed by atoms with van der Waals surface area (Å²) in [5, 5.41) is 12.3. The van der Waals surface area contributed by atoms with E-state index in [1.807, 2.05) is 0 Å². The lowest BCUT2D eigenvalue weighted by atomic mass is 10.1. The lowest BCUT2D eigenvalue weighted by Crippen LogP contribution is -2.48. The molecule has 0 aliphatic carbocycles. The fourth-order valence-corrected chi connectivity index (χ4v) is 6.22. The zero-order valence-electron chi connectivity index (χ0n) is 29.1. The first kappa shape index (κ1) is 40.7. The Balaban J connectivity index is 2.19. The Kier molecular flexibility index (Phi) is 28.0. The molecule has 44 heavy (non-hydrogen) atoms. The molecule has 0 aromatic rings. The molecule has 2 N–H and O–H groups in total. The molecule has 0 spiro atoms. The Morgan fingerprint density at radius 2 is 1.11 bits per heavy atom. The van der Waals surface area contributed by atoms with Crippen LogP contribution in [0.15, 0.2) is 0 Å². The van der Waals surface area contributed by atoms with Crippen molar-refractivity contribution in [3.8, 4) is 0 Å². The van der Waals surface area contributed by atoms with Crippen LogP contribution in [0.3, 0.4) is 0 Å². The van der Waals surface area contributed by atoms with Gasteiger partial charge in [0, 0.05) is 26.3 Å². The van der Waals surface area contributed by atoms with Crippen LogP contribution in [0.2, 0.25) is 0 Å². The van der Waals surface area contributed by atoms with Crippen molar-refractivity contribution in [2.24, 2.45) is 0 Å². The number of carbonyl (C=O) groups is 2. The molecule has 1 rings (SSSR count). The molecule has 7 heteroatoms. The van der Waals surface area contributed by atoms with Gasteiger partial charge in [-0.05, 0) is 25.7 Å². The summed E-state index contributed by atoms with van der Waals surface area (Å²) < 4.78 is 12.2. The molecular weight excluding hydrogens is 552 g/mol. The Hall–Kier alpha value is -1.34. The summed E-state index contributed by atoms with van der Waals surface area (Å²) >= 11 is 0. The Bertz CT molecular complexity index is 662. The Morgan fingerprint density at radius 3 is 1.57 bits per heavy atom. The number of carboxylic acid groups (broad SMARTS) is 1. The van der Waals surface area contributed by atoms with E-state index in [9.17, 15) is 14.7 Å².